The van der Waals surface area contributed by atoms with Crippen molar-refractivity contribution in [3.8, 4) is 11.5 Å². The van der Waals surface area contributed by atoms with Crippen molar-refractivity contribution in [2.45, 2.75) is 90.5 Å². The van der Waals surface area contributed by atoms with Gasteiger partial charge in [0.05, 0.1) is 12.6 Å². The van der Waals surface area contributed by atoms with Crippen molar-refractivity contribution in [3.05, 3.63) is 77.0 Å². The predicted molar refractivity (Wildman–Crippen MR) is 155 cm³/mol. The Balaban J connectivity index is 1.47. The number of nitrogens with one attached hydrogen (secondary N) is 1. The van der Waals surface area contributed by atoms with Gasteiger partial charge in [0.1, 0.15) is 17.8 Å². The lowest BCUT2D eigenvalue weighted by molar-refractivity contribution is 0.0947. The van der Waals surface area contributed by atoms with Crippen LogP contribution in [0.5, 0.6) is 11.5 Å². The number of hydrogen-bond acceptors (Lipinski definition) is 6. The topological polar surface area (TPSA) is 111 Å². The highest BCUT2D eigenvalue weighted by molar-refractivity contribution is 5.91. The highest BCUT2D eigenvalue weighted by Gasteiger charge is 2.26. The molecule has 3 aromatic rings. The fraction of sp³-hybridized carbons (Fsp3) is 0.500. The van der Waals surface area contributed by atoms with Gasteiger partial charge in [0.2, 0.25) is 5.89 Å². The molecule has 3 rings (SSSR count). The average Bonchev–Trinajstić information content (AvgIpc) is 3.42. The van der Waals surface area contributed by atoms with Crippen molar-refractivity contribution in [1.82, 2.24) is 10.3 Å². The van der Waals surface area contributed by atoms with Crippen LogP contribution in [-0.2, 0) is 17.3 Å². The average molecular weight is 536 g/mol. The number of aromatic hydroxyl groups is 1. The lowest BCUT2D eigenvalue weighted by Crippen LogP contribution is -2.25. The summed E-state index contributed by atoms with van der Waals surface area (Å²) >= 11 is 0. The van der Waals surface area contributed by atoms with E-state index in [1.54, 1.807) is 24.3 Å². The van der Waals surface area contributed by atoms with Crippen molar-refractivity contribution in [2.24, 2.45) is 5.73 Å². The zero-order valence-corrected chi connectivity index (χ0v) is 24.3. The van der Waals surface area contributed by atoms with E-state index in [-0.39, 0.29) is 28.2 Å². The van der Waals surface area contributed by atoms with E-state index >= 15 is 0 Å². The maximum Gasteiger partial charge on any atom is 0.273 e. The Morgan fingerprint density at radius 2 is 1.74 bits per heavy atom. The van der Waals surface area contributed by atoms with E-state index in [2.05, 4.69) is 70.0 Å². The number of phenolic OH excluding ortho intramolecular Hbond substituents is 1. The van der Waals surface area contributed by atoms with Gasteiger partial charge in [-0.2, -0.15) is 0 Å². The summed E-state index contributed by atoms with van der Waals surface area (Å²) in [6, 6.07) is 13.0. The van der Waals surface area contributed by atoms with E-state index in [1.807, 2.05) is 0 Å². The molecule has 0 aliphatic carbocycles. The van der Waals surface area contributed by atoms with Gasteiger partial charge in [-0.25, -0.2) is 4.98 Å². The van der Waals surface area contributed by atoms with E-state index in [0.29, 0.717) is 25.5 Å². The second-order valence-corrected chi connectivity index (χ2v) is 11.5. The molecule has 2 aromatic carbocycles. The molecule has 7 nitrogen and oxygen atoms in total. The number of nitrogens with zero attached hydrogens (tertiary/aromatic N) is 1. The van der Waals surface area contributed by atoms with Crippen LogP contribution in [-0.4, -0.2) is 29.1 Å². The van der Waals surface area contributed by atoms with Crippen LogP contribution in [0.3, 0.4) is 0 Å². The Kier molecular flexibility index (Phi) is 10.2. The number of oxazole rings is 1. The first-order chi connectivity index (χ1) is 18.5. The largest absolute Gasteiger partial charge is 0.508 e. The molecule has 1 amide bonds. The first-order valence-corrected chi connectivity index (χ1v) is 14.0. The third-order valence-electron chi connectivity index (χ3n) is 7.84. The minimum absolute atomic E-state index is 0.0200. The monoisotopic (exact) mass is 535 g/mol. The standard InChI is InChI=1S/C32H45N3O4/c1-7-31(3,4)23-13-16-28(25(20-23)32(5,6)8-2)38-18-10-9-17-34-29(37)27-21-39-30(35-27)26(33)19-22-11-14-24(36)15-12-22/h11-16,20-21,26,36H,7-10,17-19,33H2,1-6H3,(H,34,37). The molecular formula is C32H45N3O4. The summed E-state index contributed by atoms with van der Waals surface area (Å²) in [5.41, 5.74) is 10.1. The van der Waals surface area contributed by atoms with Crippen LogP contribution < -0.4 is 15.8 Å². The molecule has 0 saturated carbocycles. The number of carbonyl (C=O) groups excluding carboxylic acids is 1. The van der Waals surface area contributed by atoms with Gasteiger partial charge in [0, 0.05) is 12.1 Å². The fourth-order valence-electron chi connectivity index (χ4n) is 4.24. The number of aromatic nitrogens is 1. The molecule has 0 bridgehead atoms. The summed E-state index contributed by atoms with van der Waals surface area (Å²) in [7, 11) is 0. The number of unbranched alkanes of at least 4 members (excludes halogenated alkanes) is 1. The summed E-state index contributed by atoms with van der Waals surface area (Å²) in [5, 5.41) is 12.3. The van der Waals surface area contributed by atoms with Crippen LogP contribution in [0.25, 0.3) is 0 Å². The van der Waals surface area contributed by atoms with Gasteiger partial charge in [-0.05, 0) is 72.3 Å². The van der Waals surface area contributed by atoms with Crippen LogP contribution in [0.15, 0.2) is 53.1 Å². The van der Waals surface area contributed by atoms with Gasteiger partial charge < -0.3 is 25.3 Å². The summed E-state index contributed by atoms with van der Waals surface area (Å²) in [6.45, 7) is 14.6. The van der Waals surface area contributed by atoms with Crippen LogP contribution in [0.1, 0.15) is 106 Å². The summed E-state index contributed by atoms with van der Waals surface area (Å²) in [5.74, 6) is 1.16. The van der Waals surface area contributed by atoms with Crippen molar-refractivity contribution in [2.75, 3.05) is 13.2 Å². The molecule has 0 aliphatic rings. The van der Waals surface area contributed by atoms with Gasteiger partial charge in [0.15, 0.2) is 5.69 Å². The number of ether oxygens (including phenoxy) is 1. The predicted octanol–water partition coefficient (Wildman–Crippen LogP) is 6.59. The molecule has 1 unspecified atom stereocenters. The van der Waals surface area contributed by atoms with E-state index in [4.69, 9.17) is 14.9 Å². The molecule has 4 N–H and O–H groups in total. The van der Waals surface area contributed by atoms with Gasteiger partial charge in [-0.15, -0.1) is 0 Å². The zero-order valence-electron chi connectivity index (χ0n) is 24.3. The minimum Gasteiger partial charge on any atom is -0.508 e. The number of amides is 1. The fourth-order valence-corrected chi connectivity index (χ4v) is 4.24. The van der Waals surface area contributed by atoms with Crippen molar-refractivity contribution in [3.63, 3.8) is 0 Å². The lowest BCUT2D eigenvalue weighted by Gasteiger charge is -2.30. The second-order valence-electron chi connectivity index (χ2n) is 11.5. The maximum absolute atomic E-state index is 12.5. The second kappa shape index (κ2) is 13.2. The number of phenols is 1. The van der Waals surface area contributed by atoms with Gasteiger partial charge in [0.25, 0.3) is 5.91 Å². The quantitative estimate of drug-likeness (QED) is 0.201. The Bertz CT molecular complexity index is 1210. The van der Waals surface area contributed by atoms with Gasteiger partial charge >= 0.3 is 0 Å². The molecular weight excluding hydrogens is 490 g/mol. The zero-order chi connectivity index (χ0) is 28.6. The Hall–Kier alpha value is -3.32. The molecule has 0 saturated heterocycles. The molecule has 1 heterocycles. The Morgan fingerprint density at radius 1 is 1.05 bits per heavy atom. The summed E-state index contributed by atoms with van der Waals surface area (Å²) in [4.78, 5) is 16.8. The third kappa shape index (κ3) is 8.09. The van der Waals surface area contributed by atoms with Crippen molar-refractivity contribution < 1.29 is 19.1 Å². The van der Waals surface area contributed by atoms with E-state index in [9.17, 15) is 9.90 Å². The Morgan fingerprint density at radius 3 is 2.41 bits per heavy atom. The summed E-state index contributed by atoms with van der Waals surface area (Å²) in [6.07, 6.45) is 5.52. The normalized spacial score (nSPS) is 12.8. The lowest BCUT2D eigenvalue weighted by atomic mass is 9.76. The molecule has 7 heteroatoms. The number of carbonyl (C=O) groups is 1. The molecule has 0 radical (unpaired) electrons. The first kappa shape index (κ1) is 30.2. The molecule has 39 heavy (non-hydrogen) atoms. The molecule has 212 valence electrons. The third-order valence-corrected chi connectivity index (χ3v) is 7.84. The van der Waals surface area contributed by atoms with Crippen molar-refractivity contribution >= 4 is 5.91 Å². The number of nitrogens with two attached hydrogens (primary N) is 1. The number of rotatable bonds is 14. The summed E-state index contributed by atoms with van der Waals surface area (Å²) < 4.78 is 11.7. The van der Waals surface area contributed by atoms with E-state index < -0.39 is 6.04 Å². The van der Waals surface area contributed by atoms with E-state index in [0.717, 1.165) is 37.0 Å². The van der Waals surface area contributed by atoms with Crippen molar-refractivity contribution in [1.29, 1.82) is 0 Å². The molecule has 1 atom stereocenters. The van der Waals surface area contributed by atoms with Crippen LogP contribution in [0.4, 0.5) is 0 Å². The van der Waals surface area contributed by atoms with Gasteiger partial charge in [-0.3, -0.25) is 4.79 Å². The highest BCUT2D eigenvalue weighted by atomic mass is 16.5. The van der Waals surface area contributed by atoms with Crippen LogP contribution in [0, 0.1) is 0 Å². The highest BCUT2D eigenvalue weighted by Crippen LogP contribution is 2.38. The minimum atomic E-state index is -0.488. The SMILES string of the molecule is CCC(C)(C)c1ccc(OCCCCNC(=O)c2coc(C(N)Cc3ccc(O)cc3)n2)c(C(C)(C)CC)c1. The Labute approximate surface area is 233 Å². The molecule has 0 aliphatic heterocycles. The van der Waals surface area contributed by atoms with Gasteiger partial charge in [-0.1, -0.05) is 65.8 Å². The molecule has 0 spiro atoms. The molecule has 0 fully saturated rings. The van der Waals surface area contributed by atoms with Crippen LogP contribution in [0.2, 0.25) is 0 Å². The van der Waals surface area contributed by atoms with Crippen LogP contribution >= 0.6 is 0 Å². The maximum atomic E-state index is 12.5. The first-order valence-electron chi connectivity index (χ1n) is 14.0. The number of hydrogen-bond donors (Lipinski definition) is 3. The smallest absolute Gasteiger partial charge is 0.273 e. The number of benzene rings is 2. The molecule has 1 aromatic heterocycles. The van der Waals surface area contributed by atoms with E-state index in [1.165, 1.54) is 17.4 Å².